The third-order valence-electron chi connectivity index (χ3n) is 6.42. The van der Waals surface area contributed by atoms with Gasteiger partial charge in [0.25, 0.3) is 5.91 Å². The third kappa shape index (κ3) is 4.14. The lowest BCUT2D eigenvalue weighted by molar-refractivity contribution is -0.0286. The summed E-state index contributed by atoms with van der Waals surface area (Å²) >= 11 is 0. The van der Waals surface area contributed by atoms with Gasteiger partial charge in [-0.05, 0) is 63.1 Å². The number of rotatable bonds is 5. The number of aliphatic hydroxyl groups is 1. The molecule has 1 N–H and O–H groups in total. The topological polar surface area (TPSA) is 89.1 Å². The Morgan fingerprint density at radius 1 is 1.06 bits per heavy atom. The standard InChI is InChI=1S/C25H28N6O2/c1-18(2)31-23(7-13-27-31)24(32)29-15-9-25(33,10-16-29)17-30-14-8-21-22(30)4-3-20(28-21)19-5-11-26-12-6-19/h3-8,11-14,18,33H,9-10,15-17H2,1-2H3. The zero-order valence-corrected chi connectivity index (χ0v) is 18.9. The van der Waals surface area contributed by atoms with Crippen molar-refractivity contribution in [2.24, 2.45) is 0 Å². The van der Waals surface area contributed by atoms with Crippen molar-refractivity contribution in [2.45, 2.75) is 44.9 Å². The molecule has 0 saturated carbocycles. The largest absolute Gasteiger partial charge is 0.388 e. The van der Waals surface area contributed by atoms with Crippen molar-refractivity contribution in [2.75, 3.05) is 13.1 Å². The molecule has 0 unspecified atom stereocenters. The number of carbonyl (C=O) groups is 1. The first-order valence-electron chi connectivity index (χ1n) is 11.3. The number of carbonyl (C=O) groups excluding carboxylic acids is 1. The predicted molar refractivity (Wildman–Crippen MR) is 126 cm³/mol. The van der Waals surface area contributed by atoms with E-state index in [9.17, 15) is 9.90 Å². The van der Waals surface area contributed by atoms with Crippen LogP contribution in [-0.2, 0) is 6.54 Å². The van der Waals surface area contributed by atoms with Crippen LogP contribution in [0.1, 0.15) is 43.2 Å². The molecule has 4 aromatic heterocycles. The summed E-state index contributed by atoms with van der Waals surface area (Å²) in [6.45, 7) is 5.52. The van der Waals surface area contributed by atoms with Crippen LogP contribution >= 0.6 is 0 Å². The highest BCUT2D eigenvalue weighted by Crippen LogP contribution is 2.28. The van der Waals surface area contributed by atoms with Crippen molar-refractivity contribution in [1.29, 1.82) is 0 Å². The first kappa shape index (κ1) is 21.3. The second-order valence-corrected chi connectivity index (χ2v) is 9.05. The maximum absolute atomic E-state index is 13.0. The van der Waals surface area contributed by atoms with Crippen molar-refractivity contribution >= 4 is 16.9 Å². The molecule has 0 aliphatic carbocycles. The van der Waals surface area contributed by atoms with Gasteiger partial charge in [0.15, 0.2) is 0 Å². The molecule has 1 aliphatic rings. The van der Waals surface area contributed by atoms with Crippen LogP contribution in [-0.4, -0.2) is 58.9 Å². The van der Waals surface area contributed by atoms with Crippen LogP contribution < -0.4 is 0 Å². The lowest BCUT2D eigenvalue weighted by Gasteiger charge is -2.38. The van der Waals surface area contributed by atoms with Crippen LogP contribution in [0.4, 0.5) is 0 Å². The van der Waals surface area contributed by atoms with Gasteiger partial charge in [0.1, 0.15) is 5.69 Å². The molecule has 5 rings (SSSR count). The zero-order valence-electron chi connectivity index (χ0n) is 18.9. The lowest BCUT2D eigenvalue weighted by atomic mass is 9.91. The van der Waals surface area contributed by atoms with Gasteiger partial charge in [-0.3, -0.25) is 14.5 Å². The van der Waals surface area contributed by atoms with E-state index >= 15 is 0 Å². The minimum absolute atomic E-state index is 0.0255. The van der Waals surface area contributed by atoms with E-state index in [1.807, 2.05) is 55.3 Å². The predicted octanol–water partition coefficient (Wildman–Crippen LogP) is 3.54. The summed E-state index contributed by atoms with van der Waals surface area (Å²) in [5.74, 6) is -0.0255. The van der Waals surface area contributed by atoms with Crippen molar-refractivity contribution in [3.05, 3.63) is 66.9 Å². The quantitative estimate of drug-likeness (QED) is 0.509. The van der Waals surface area contributed by atoms with Gasteiger partial charge in [0.2, 0.25) is 0 Å². The van der Waals surface area contributed by atoms with E-state index in [0.717, 1.165) is 22.3 Å². The molecule has 5 heterocycles. The Morgan fingerprint density at radius 2 is 1.82 bits per heavy atom. The summed E-state index contributed by atoms with van der Waals surface area (Å²) in [5, 5.41) is 15.6. The Morgan fingerprint density at radius 3 is 2.55 bits per heavy atom. The number of hydrogen-bond donors (Lipinski definition) is 1. The highest BCUT2D eigenvalue weighted by molar-refractivity contribution is 5.92. The molecule has 33 heavy (non-hydrogen) atoms. The molecule has 0 aromatic carbocycles. The van der Waals surface area contributed by atoms with Gasteiger partial charge in [-0.25, -0.2) is 4.98 Å². The molecule has 0 atom stereocenters. The molecule has 4 aromatic rings. The van der Waals surface area contributed by atoms with Crippen molar-refractivity contribution < 1.29 is 9.90 Å². The number of amides is 1. The molecule has 0 spiro atoms. The SMILES string of the molecule is CC(C)n1nccc1C(=O)N1CCC(O)(Cn2ccc3nc(-c4ccncc4)ccc32)CC1. The average molecular weight is 445 g/mol. The van der Waals surface area contributed by atoms with Crippen LogP contribution in [0.15, 0.2) is 61.2 Å². The van der Waals surface area contributed by atoms with E-state index in [2.05, 4.69) is 14.6 Å². The molecule has 8 nitrogen and oxygen atoms in total. The van der Waals surface area contributed by atoms with Gasteiger partial charge in [0, 0.05) is 49.5 Å². The van der Waals surface area contributed by atoms with Gasteiger partial charge in [-0.15, -0.1) is 0 Å². The smallest absolute Gasteiger partial charge is 0.272 e. The normalized spacial score (nSPS) is 15.9. The number of hydrogen-bond acceptors (Lipinski definition) is 5. The zero-order chi connectivity index (χ0) is 23.0. The maximum atomic E-state index is 13.0. The Kier molecular flexibility index (Phi) is 5.46. The molecule has 1 fully saturated rings. The van der Waals surface area contributed by atoms with E-state index in [0.29, 0.717) is 38.2 Å². The number of piperidine rings is 1. The number of pyridine rings is 2. The van der Waals surface area contributed by atoms with Crippen molar-refractivity contribution in [3.8, 4) is 11.3 Å². The van der Waals surface area contributed by atoms with E-state index < -0.39 is 5.60 Å². The van der Waals surface area contributed by atoms with Crippen LogP contribution in [0.2, 0.25) is 0 Å². The average Bonchev–Trinajstić information content (AvgIpc) is 3.47. The molecule has 1 saturated heterocycles. The summed E-state index contributed by atoms with van der Waals surface area (Å²) in [5.41, 5.74) is 3.53. The Bertz CT molecular complexity index is 1270. The maximum Gasteiger partial charge on any atom is 0.272 e. The molecule has 1 aliphatic heterocycles. The number of nitrogens with zero attached hydrogens (tertiary/aromatic N) is 6. The highest BCUT2D eigenvalue weighted by Gasteiger charge is 2.35. The number of fused-ring (bicyclic) bond motifs is 1. The lowest BCUT2D eigenvalue weighted by Crippen LogP contribution is -2.49. The second-order valence-electron chi connectivity index (χ2n) is 9.05. The Hall–Kier alpha value is -3.52. The van der Waals surface area contributed by atoms with Crippen molar-refractivity contribution in [1.82, 2.24) is 29.2 Å². The summed E-state index contributed by atoms with van der Waals surface area (Å²) in [6.07, 6.45) is 8.21. The third-order valence-corrected chi connectivity index (χ3v) is 6.42. The first-order valence-corrected chi connectivity index (χ1v) is 11.3. The van der Waals surface area contributed by atoms with Gasteiger partial charge >= 0.3 is 0 Å². The fourth-order valence-electron chi connectivity index (χ4n) is 4.55. The van der Waals surface area contributed by atoms with E-state index in [1.165, 1.54) is 0 Å². The van der Waals surface area contributed by atoms with Crippen LogP contribution in [0.5, 0.6) is 0 Å². The number of aromatic nitrogens is 5. The minimum Gasteiger partial charge on any atom is -0.388 e. The monoisotopic (exact) mass is 444 g/mol. The van der Waals surface area contributed by atoms with Gasteiger partial charge in [-0.1, -0.05) is 0 Å². The van der Waals surface area contributed by atoms with Crippen LogP contribution in [0.25, 0.3) is 22.3 Å². The van der Waals surface area contributed by atoms with Gasteiger partial charge < -0.3 is 14.6 Å². The Balaban J connectivity index is 1.28. The highest BCUT2D eigenvalue weighted by atomic mass is 16.3. The summed E-state index contributed by atoms with van der Waals surface area (Å²) in [7, 11) is 0. The molecule has 8 heteroatoms. The van der Waals surface area contributed by atoms with E-state index in [1.54, 1.807) is 29.3 Å². The summed E-state index contributed by atoms with van der Waals surface area (Å²) < 4.78 is 3.81. The summed E-state index contributed by atoms with van der Waals surface area (Å²) in [4.78, 5) is 23.7. The van der Waals surface area contributed by atoms with E-state index in [-0.39, 0.29) is 11.9 Å². The number of likely N-dealkylation sites (tertiary alicyclic amines) is 1. The van der Waals surface area contributed by atoms with Gasteiger partial charge in [0.05, 0.1) is 28.9 Å². The molecule has 1 amide bonds. The first-order chi connectivity index (χ1) is 15.9. The van der Waals surface area contributed by atoms with Gasteiger partial charge in [-0.2, -0.15) is 5.10 Å². The Labute approximate surface area is 192 Å². The summed E-state index contributed by atoms with van der Waals surface area (Å²) in [6, 6.07) is 11.8. The van der Waals surface area contributed by atoms with Crippen LogP contribution in [0.3, 0.4) is 0 Å². The fourth-order valence-corrected chi connectivity index (χ4v) is 4.55. The molecule has 170 valence electrons. The second kappa shape index (κ2) is 8.44. The molecular formula is C25H28N6O2. The van der Waals surface area contributed by atoms with E-state index in [4.69, 9.17) is 4.98 Å². The molecule has 0 radical (unpaired) electrons. The van der Waals surface area contributed by atoms with Crippen molar-refractivity contribution in [3.63, 3.8) is 0 Å². The molecule has 0 bridgehead atoms. The van der Waals surface area contributed by atoms with Crippen LogP contribution in [0, 0.1) is 0 Å². The fraction of sp³-hybridized carbons (Fsp3) is 0.360. The molecular weight excluding hydrogens is 416 g/mol. The minimum atomic E-state index is -0.870.